The summed E-state index contributed by atoms with van der Waals surface area (Å²) >= 11 is 0. The Kier molecular flexibility index (Phi) is 5.53. The summed E-state index contributed by atoms with van der Waals surface area (Å²) in [6, 6.07) is -1.02. The van der Waals surface area contributed by atoms with Crippen LogP contribution in [0, 0.1) is 0 Å². The van der Waals surface area contributed by atoms with Crippen molar-refractivity contribution in [1.82, 2.24) is 15.5 Å². The minimum atomic E-state index is -0.576. The Morgan fingerprint density at radius 2 is 2.33 bits per heavy atom. The predicted molar refractivity (Wildman–Crippen MR) is 60.6 cm³/mol. The number of ether oxygens (including phenoxy) is 1. The van der Waals surface area contributed by atoms with Crippen LogP contribution in [0.5, 0.6) is 0 Å². The van der Waals surface area contributed by atoms with E-state index in [0.717, 1.165) is 4.90 Å². The Morgan fingerprint density at radius 1 is 1.61 bits per heavy atom. The minimum absolute atomic E-state index is 0.0841. The third-order valence-corrected chi connectivity index (χ3v) is 2.49. The molecular formula is C10H17N3O5. The zero-order valence-corrected chi connectivity index (χ0v) is 10.1. The molecule has 0 radical (unpaired) electrons. The number of amides is 4. The molecule has 0 bridgehead atoms. The molecule has 1 aliphatic rings. The van der Waals surface area contributed by atoms with Gasteiger partial charge in [-0.05, 0) is 6.42 Å². The van der Waals surface area contributed by atoms with E-state index in [9.17, 15) is 14.4 Å². The van der Waals surface area contributed by atoms with Crippen LogP contribution >= 0.6 is 0 Å². The fourth-order valence-corrected chi connectivity index (χ4v) is 1.50. The van der Waals surface area contributed by atoms with Crippen molar-refractivity contribution in [1.29, 1.82) is 0 Å². The highest BCUT2D eigenvalue weighted by atomic mass is 16.5. The van der Waals surface area contributed by atoms with Gasteiger partial charge in [-0.1, -0.05) is 0 Å². The van der Waals surface area contributed by atoms with Gasteiger partial charge in [0, 0.05) is 13.7 Å². The number of carbonyl (C=O) groups is 3. The SMILES string of the molecule is COCCC(CO)NC(=O)CN1C(=O)CNC1=O. The van der Waals surface area contributed by atoms with Crippen molar-refractivity contribution in [2.45, 2.75) is 12.5 Å². The molecule has 1 rings (SSSR count). The lowest BCUT2D eigenvalue weighted by Crippen LogP contribution is -2.45. The molecule has 4 amide bonds. The maximum absolute atomic E-state index is 11.6. The number of hydrogen-bond donors (Lipinski definition) is 3. The molecule has 1 unspecified atom stereocenters. The number of nitrogens with zero attached hydrogens (tertiary/aromatic N) is 1. The van der Waals surface area contributed by atoms with Crippen LogP contribution in [0.4, 0.5) is 4.79 Å². The van der Waals surface area contributed by atoms with Gasteiger partial charge in [0.05, 0.1) is 19.2 Å². The summed E-state index contributed by atoms with van der Waals surface area (Å²) in [6.45, 7) is -0.253. The molecule has 1 atom stereocenters. The van der Waals surface area contributed by atoms with Crippen molar-refractivity contribution >= 4 is 17.8 Å². The highest BCUT2D eigenvalue weighted by Gasteiger charge is 2.30. The lowest BCUT2D eigenvalue weighted by atomic mass is 10.2. The first-order chi connectivity index (χ1) is 8.58. The van der Waals surface area contributed by atoms with Gasteiger partial charge in [-0.2, -0.15) is 0 Å². The first-order valence-corrected chi connectivity index (χ1v) is 5.55. The summed E-state index contributed by atoms with van der Waals surface area (Å²) in [5, 5.41) is 13.9. The Hall–Kier alpha value is -1.67. The van der Waals surface area contributed by atoms with E-state index in [1.165, 1.54) is 7.11 Å². The van der Waals surface area contributed by atoms with Gasteiger partial charge in [0.1, 0.15) is 6.54 Å². The van der Waals surface area contributed by atoms with Crippen LogP contribution in [0.25, 0.3) is 0 Å². The van der Waals surface area contributed by atoms with E-state index >= 15 is 0 Å². The first kappa shape index (κ1) is 14.4. The lowest BCUT2D eigenvalue weighted by Gasteiger charge is -2.18. The number of aliphatic hydroxyl groups excluding tert-OH is 1. The molecule has 1 fully saturated rings. The highest BCUT2D eigenvalue weighted by Crippen LogP contribution is 1.99. The summed E-state index contributed by atoms with van der Waals surface area (Å²) in [5.41, 5.74) is 0. The molecule has 1 heterocycles. The van der Waals surface area contributed by atoms with E-state index in [0.29, 0.717) is 13.0 Å². The number of nitrogens with one attached hydrogen (secondary N) is 2. The topological polar surface area (TPSA) is 108 Å². The van der Waals surface area contributed by atoms with Crippen LogP contribution in [0.3, 0.4) is 0 Å². The second-order valence-corrected chi connectivity index (χ2v) is 3.87. The summed E-state index contributed by atoms with van der Waals surface area (Å²) in [6.07, 6.45) is 0.457. The molecule has 102 valence electrons. The van der Waals surface area contributed by atoms with E-state index in [1.54, 1.807) is 0 Å². The van der Waals surface area contributed by atoms with E-state index < -0.39 is 23.9 Å². The Morgan fingerprint density at radius 3 is 2.83 bits per heavy atom. The van der Waals surface area contributed by atoms with Gasteiger partial charge in [-0.25, -0.2) is 4.79 Å². The van der Waals surface area contributed by atoms with Crippen molar-refractivity contribution in [2.24, 2.45) is 0 Å². The number of hydrogen-bond acceptors (Lipinski definition) is 5. The molecule has 8 heteroatoms. The molecule has 3 N–H and O–H groups in total. The molecular weight excluding hydrogens is 242 g/mol. The molecule has 0 aliphatic carbocycles. The normalized spacial score (nSPS) is 16.7. The molecule has 0 aromatic carbocycles. The summed E-state index contributed by atoms with van der Waals surface area (Å²) in [5.74, 6) is -0.928. The number of imide groups is 1. The van der Waals surface area contributed by atoms with Crippen molar-refractivity contribution in [2.75, 3.05) is 33.4 Å². The molecule has 1 saturated heterocycles. The fourth-order valence-electron chi connectivity index (χ4n) is 1.50. The largest absolute Gasteiger partial charge is 0.394 e. The molecule has 1 aliphatic heterocycles. The van der Waals surface area contributed by atoms with Crippen molar-refractivity contribution in [3.8, 4) is 0 Å². The zero-order valence-electron chi connectivity index (χ0n) is 10.1. The average molecular weight is 259 g/mol. The molecule has 18 heavy (non-hydrogen) atoms. The van der Waals surface area contributed by atoms with E-state index in [4.69, 9.17) is 9.84 Å². The first-order valence-electron chi connectivity index (χ1n) is 5.55. The van der Waals surface area contributed by atoms with Crippen LogP contribution in [-0.2, 0) is 14.3 Å². The number of carbonyl (C=O) groups excluding carboxylic acids is 3. The number of urea groups is 1. The Balaban J connectivity index is 2.40. The average Bonchev–Trinajstić information content (AvgIpc) is 2.66. The van der Waals surface area contributed by atoms with Crippen molar-refractivity contribution in [3.05, 3.63) is 0 Å². The number of rotatable bonds is 7. The minimum Gasteiger partial charge on any atom is -0.394 e. The summed E-state index contributed by atoms with van der Waals surface area (Å²) < 4.78 is 4.83. The smallest absolute Gasteiger partial charge is 0.325 e. The van der Waals surface area contributed by atoms with Gasteiger partial charge < -0.3 is 20.5 Å². The number of aliphatic hydroxyl groups is 1. The van der Waals surface area contributed by atoms with Crippen LogP contribution < -0.4 is 10.6 Å². The van der Waals surface area contributed by atoms with Gasteiger partial charge in [-0.3, -0.25) is 14.5 Å². The van der Waals surface area contributed by atoms with E-state index in [1.807, 2.05) is 0 Å². The maximum atomic E-state index is 11.6. The summed E-state index contributed by atoms with van der Waals surface area (Å²) in [4.78, 5) is 34.9. The molecule has 0 spiro atoms. The summed E-state index contributed by atoms with van der Waals surface area (Å²) in [7, 11) is 1.52. The van der Waals surface area contributed by atoms with Crippen molar-refractivity contribution < 1.29 is 24.2 Å². The van der Waals surface area contributed by atoms with E-state index in [2.05, 4.69) is 10.6 Å². The van der Waals surface area contributed by atoms with Crippen LogP contribution in [0.1, 0.15) is 6.42 Å². The Bertz CT molecular complexity index is 317. The molecule has 0 aromatic rings. The van der Waals surface area contributed by atoms with Gasteiger partial charge in [-0.15, -0.1) is 0 Å². The van der Waals surface area contributed by atoms with E-state index in [-0.39, 0.29) is 19.7 Å². The second kappa shape index (κ2) is 6.92. The standard InChI is InChI=1S/C10H17N3O5/c1-18-3-2-7(6-14)12-8(15)5-13-9(16)4-11-10(13)17/h7,14H,2-6H2,1H3,(H,11,17)(H,12,15). The van der Waals surface area contributed by atoms with Crippen molar-refractivity contribution in [3.63, 3.8) is 0 Å². The van der Waals surface area contributed by atoms with Crippen LogP contribution in [0.2, 0.25) is 0 Å². The molecule has 8 nitrogen and oxygen atoms in total. The molecule has 0 saturated carbocycles. The number of methoxy groups -OCH3 is 1. The van der Waals surface area contributed by atoms with Gasteiger partial charge in [0.25, 0.3) is 5.91 Å². The van der Waals surface area contributed by atoms with Gasteiger partial charge in [0.15, 0.2) is 0 Å². The third-order valence-electron chi connectivity index (χ3n) is 2.49. The van der Waals surface area contributed by atoms with Gasteiger partial charge >= 0.3 is 6.03 Å². The monoisotopic (exact) mass is 259 g/mol. The van der Waals surface area contributed by atoms with Crippen LogP contribution in [-0.4, -0.2) is 67.3 Å². The predicted octanol–water partition coefficient (Wildman–Crippen LogP) is -1.95. The second-order valence-electron chi connectivity index (χ2n) is 3.87. The zero-order chi connectivity index (χ0) is 13.5. The maximum Gasteiger partial charge on any atom is 0.325 e. The van der Waals surface area contributed by atoms with Crippen LogP contribution in [0.15, 0.2) is 0 Å². The van der Waals surface area contributed by atoms with Gasteiger partial charge in [0.2, 0.25) is 5.91 Å². The quantitative estimate of drug-likeness (QED) is 0.461. The third kappa shape index (κ3) is 3.97. The molecule has 0 aromatic heterocycles. The Labute approximate surface area is 104 Å². The highest BCUT2D eigenvalue weighted by molar-refractivity contribution is 6.04. The lowest BCUT2D eigenvalue weighted by molar-refractivity contribution is -0.131. The fraction of sp³-hybridized carbons (Fsp3) is 0.700.